The summed E-state index contributed by atoms with van der Waals surface area (Å²) in [6.07, 6.45) is 0. The molecule has 0 aromatic heterocycles. The number of hydrogen-bond donors (Lipinski definition) is 2. The zero-order chi connectivity index (χ0) is 21.8. The van der Waals surface area contributed by atoms with E-state index in [0.717, 1.165) is 18.8 Å². The van der Waals surface area contributed by atoms with Crippen LogP contribution in [0.4, 0.5) is 17.1 Å². The van der Waals surface area contributed by atoms with Gasteiger partial charge in [-0.2, -0.15) is 0 Å². The van der Waals surface area contributed by atoms with Gasteiger partial charge in [0, 0.05) is 24.8 Å². The summed E-state index contributed by atoms with van der Waals surface area (Å²) < 4.78 is 5.02. The number of rotatable bonds is 8. The third-order valence-electron chi connectivity index (χ3n) is 5.66. The highest BCUT2D eigenvalue weighted by Gasteiger charge is 2.26. The Morgan fingerprint density at radius 3 is 2.63 bits per heavy atom. The first kappa shape index (κ1) is 21.6. The van der Waals surface area contributed by atoms with Crippen LogP contribution in [0.1, 0.15) is 31.9 Å². The van der Waals surface area contributed by atoms with E-state index in [-0.39, 0.29) is 23.8 Å². The van der Waals surface area contributed by atoms with Crippen molar-refractivity contribution in [3.63, 3.8) is 0 Å². The number of amides is 1. The number of ether oxygens (including phenoxy) is 1. The number of carbonyl (C=O) groups is 1. The minimum absolute atomic E-state index is 0.0133. The number of anilines is 2. The Bertz CT molecular complexity index is 945. The summed E-state index contributed by atoms with van der Waals surface area (Å²) in [6, 6.07) is 10.9. The van der Waals surface area contributed by atoms with Gasteiger partial charge in [0.1, 0.15) is 11.4 Å². The Labute approximate surface area is 176 Å². The van der Waals surface area contributed by atoms with Crippen molar-refractivity contribution in [1.29, 1.82) is 0 Å². The van der Waals surface area contributed by atoms with E-state index < -0.39 is 4.92 Å². The van der Waals surface area contributed by atoms with Crippen LogP contribution < -0.4 is 15.4 Å². The molecule has 1 unspecified atom stereocenters. The van der Waals surface area contributed by atoms with Crippen LogP contribution in [0.2, 0.25) is 0 Å². The SMILES string of the molecule is COc1ccc(NC(=O)CNc2cccc3c2CN(C(C)C(C)C)C3)c([N+](=O)[O-])c1. The smallest absolute Gasteiger partial charge is 0.296 e. The van der Waals surface area contributed by atoms with Gasteiger partial charge in [-0.3, -0.25) is 19.8 Å². The highest BCUT2D eigenvalue weighted by atomic mass is 16.6. The molecule has 0 bridgehead atoms. The molecule has 30 heavy (non-hydrogen) atoms. The van der Waals surface area contributed by atoms with Gasteiger partial charge in [0.15, 0.2) is 0 Å². The van der Waals surface area contributed by atoms with E-state index in [1.807, 2.05) is 12.1 Å². The fraction of sp³-hybridized carbons (Fsp3) is 0.409. The molecule has 1 aliphatic heterocycles. The molecule has 1 heterocycles. The molecule has 3 rings (SSSR count). The molecular formula is C22H28N4O4. The van der Waals surface area contributed by atoms with E-state index in [0.29, 0.717) is 17.7 Å². The average molecular weight is 412 g/mol. The van der Waals surface area contributed by atoms with Crippen LogP contribution in [-0.4, -0.2) is 35.4 Å². The topological polar surface area (TPSA) is 96.7 Å². The lowest BCUT2D eigenvalue weighted by atomic mass is 10.1. The average Bonchev–Trinajstić information content (AvgIpc) is 3.16. The van der Waals surface area contributed by atoms with Crippen LogP contribution in [0.15, 0.2) is 36.4 Å². The molecule has 0 saturated heterocycles. The summed E-state index contributed by atoms with van der Waals surface area (Å²) in [7, 11) is 1.43. The quantitative estimate of drug-likeness (QED) is 0.502. The fourth-order valence-electron chi connectivity index (χ4n) is 3.59. The third kappa shape index (κ3) is 4.71. The molecule has 1 aliphatic rings. The molecule has 1 amide bonds. The third-order valence-corrected chi connectivity index (χ3v) is 5.66. The van der Waals surface area contributed by atoms with Crippen molar-refractivity contribution in [2.45, 2.75) is 39.9 Å². The molecule has 0 fully saturated rings. The van der Waals surface area contributed by atoms with Gasteiger partial charge in [-0.15, -0.1) is 0 Å². The first-order valence-electron chi connectivity index (χ1n) is 10.0. The Morgan fingerprint density at radius 2 is 1.97 bits per heavy atom. The Kier molecular flexibility index (Phi) is 6.56. The minimum Gasteiger partial charge on any atom is -0.496 e. The highest BCUT2D eigenvalue weighted by molar-refractivity contribution is 5.96. The number of hydrogen-bond acceptors (Lipinski definition) is 6. The van der Waals surface area contributed by atoms with Crippen LogP contribution in [0.25, 0.3) is 0 Å². The Morgan fingerprint density at radius 1 is 1.20 bits per heavy atom. The molecule has 2 N–H and O–H groups in total. The second-order valence-electron chi connectivity index (χ2n) is 7.87. The summed E-state index contributed by atoms with van der Waals surface area (Å²) in [5.74, 6) is 0.561. The number of nitrogens with one attached hydrogen (secondary N) is 2. The van der Waals surface area contributed by atoms with E-state index in [4.69, 9.17) is 4.74 Å². The lowest BCUT2D eigenvalue weighted by molar-refractivity contribution is -0.384. The van der Waals surface area contributed by atoms with Gasteiger partial charge in [-0.25, -0.2) is 0 Å². The standard InChI is InChI=1S/C22H28N4O4/c1-14(2)15(3)25-12-16-6-5-7-19(18(16)13-25)23-11-22(27)24-20-9-8-17(30-4)10-21(20)26(28)29/h5-10,14-15,23H,11-13H2,1-4H3,(H,24,27). The highest BCUT2D eigenvalue weighted by Crippen LogP contribution is 2.32. The number of fused-ring (bicyclic) bond motifs is 1. The van der Waals surface area contributed by atoms with E-state index in [2.05, 4.69) is 42.4 Å². The first-order chi connectivity index (χ1) is 14.3. The summed E-state index contributed by atoms with van der Waals surface area (Å²) in [5, 5.41) is 17.1. The van der Waals surface area contributed by atoms with Gasteiger partial charge in [0.25, 0.3) is 5.69 Å². The maximum atomic E-state index is 12.4. The van der Waals surface area contributed by atoms with Gasteiger partial charge < -0.3 is 15.4 Å². The zero-order valence-corrected chi connectivity index (χ0v) is 17.8. The second kappa shape index (κ2) is 9.13. The largest absolute Gasteiger partial charge is 0.496 e. The molecular weight excluding hydrogens is 384 g/mol. The van der Waals surface area contributed by atoms with Crippen molar-refractivity contribution in [2.75, 3.05) is 24.3 Å². The summed E-state index contributed by atoms with van der Waals surface area (Å²) in [5.41, 5.74) is 3.32. The molecule has 2 aromatic rings. The van der Waals surface area contributed by atoms with Crippen molar-refractivity contribution in [3.8, 4) is 5.75 Å². The lowest BCUT2D eigenvalue weighted by Crippen LogP contribution is -2.32. The number of nitro benzene ring substituents is 1. The monoisotopic (exact) mass is 412 g/mol. The van der Waals surface area contributed by atoms with Crippen molar-refractivity contribution >= 4 is 23.0 Å². The van der Waals surface area contributed by atoms with E-state index in [1.54, 1.807) is 6.07 Å². The Balaban J connectivity index is 1.66. The van der Waals surface area contributed by atoms with Crippen molar-refractivity contribution in [1.82, 2.24) is 4.90 Å². The lowest BCUT2D eigenvalue weighted by Gasteiger charge is -2.27. The molecule has 0 aliphatic carbocycles. The van der Waals surface area contributed by atoms with Crippen LogP contribution in [0, 0.1) is 16.0 Å². The van der Waals surface area contributed by atoms with Gasteiger partial charge in [-0.05, 0) is 42.2 Å². The van der Waals surface area contributed by atoms with Gasteiger partial charge in [0.2, 0.25) is 5.91 Å². The predicted molar refractivity (Wildman–Crippen MR) is 117 cm³/mol. The van der Waals surface area contributed by atoms with Crippen LogP contribution >= 0.6 is 0 Å². The van der Waals surface area contributed by atoms with Crippen LogP contribution in [0.3, 0.4) is 0 Å². The van der Waals surface area contributed by atoms with Gasteiger partial charge in [-0.1, -0.05) is 26.0 Å². The van der Waals surface area contributed by atoms with Crippen LogP contribution in [-0.2, 0) is 17.9 Å². The molecule has 2 aromatic carbocycles. The van der Waals surface area contributed by atoms with Crippen LogP contribution in [0.5, 0.6) is 5.75 Å². The van der Waals surface area contributed by atoms with Crippen molar-refractivity contribution < 1.29 is 14.5 Å². The van der Waals surface area contributed by atoms with E-state index in [9.17, 15) is 14.9 Å². The maximum absolute atomic E-state index is 12.4. The number of methoxy groups -OCH3 is 1. The molecule has 8 nitrogen and oxygen atoms in total. The zero-order valence-electron chi connectivity index (χ0n) is 17.8. The first-order valence-corrected chi connectivity index (χ1v) is 10.0. The normalized spacial score (nSPS) is 14.3. The minimum atomic E-state index is -0.542. The summed E-state index contributed by atoms with van der Waals surface area (Å²) in [6.45, 7) is 8.42. The molecule has 160 valence electrons. The summed E-state index contributed by atoms with van der Waals surface area (Å²) in [4.78, 5) is 25.6. The number of benzene rings is 2. The maximum Gasteiger partial charge on any atom is 0.296 e. The molecule has 0 saturated carbocycles. The predicted octanol–water partition coefficient (Wildman–Crippen LogP) is 4.01. The summed E-state index contributed by atoms with van der Waals surface area (Å²) >= 11 is 0. The van der Waals surface area contributed by atoms with Gasteiger partial charge in [0.05, 0.1) is 24.6 Å². The number of nitro groups is 1. The molecule has 8 heteroatoms. The van der Waals surface area contributed by atoms with E-state index >= 15 is 0 Å². The second-order valence-corrected chi connectivity index (χ2v) is 7.87. The van der Waals surface area contributed by atoms with Crippen molar-refractivity contribution in [2.24, 2.45) is 5.92 Å². The fourth-order valence-corrected chi connectivity index (χ4v) is 3.59. The van der Waals surface area contributed by atoms with Crippen molar-refractivity contribution in [3.05, 3.63) is 57.6 Å². The van der Waals surface area contributed by atoms with Gasteiger partial charge >= 0.3 is 0 Å². The molecule has 1 atom stereocenters. The molecule has 0 spiro atoms. The Hall–Kier alpha value is -3.13. The molecule has 0 radical (unpaired) electrons. The van der Waals surface area contributed by atoms with E-state index in [1.165, 1.54) is 30.4 Å². The number of carbonyl (C=O) groups excluding carboxylic acids is 1. The number of nitrogens with zero attached hydrogens (tertiary/aromatic N) is 2.